The highest BCUT2D eigenvalue weighted by Crippen LogP contribution is 2.03. The van der Waals surface area contributed by atoms with Crippen LogP contribution in [0.2, 0.25) is 0 Å². The summed E-state index contributed by atoms with van der Waals surface area (Å²) in [7, 11) is 0. The number of aromatic nitrogens is 2. The van der Waals surface area contributed by atoms with Crippen LogP contribution in [0.1, 0.15) is 32.4 Å². The third-order valence-electron chi connectivity index (χ3n) is 4.07. The number of nitrogens with two attached hydrogens (primary N) is 2. The first-order chi connectivity index (χ1) is 14.0. The Balaban J connectivity index is 2.84. The van der Waals surface area contributed by atoms with Gasteiger partial charge in [-0.3, -0.25) is 19.2 Å². The molecule has 30 heavy (non-hydrogen) atoms. The highest BCUT2D eigenvalue weighted by Gasteiger charge is 2.29. The molecule has 0 aliphatic rings. The van der Waals surface area contributed by atoms with E-state index in [9.17, 15) is 29.1 Å². The van der Waals surface area contributed by atoms with E-state index in [0.29, 0.717) is 5.69 Å². The maximum atomic E-state index is 12.6. The van der Waals surface area contributed by atoms with E-state index >= 15 is 0 Å². The Kier molecular flexibility index (Phi) is 9.42. The lowest BCUT2D eigenvalue weighted by Crippen LogP contribution is -2.56. The van der Waals surface area contributed by atoms with Crippen LogP contribution in [0.4, 0.5) is 0 Å². The van der Waals surface area contributed by atoms with E-state index in [-0.39, 0.29) is 19.3 Å². The summed E-state index contributed by atoms with van der Waals surface area (Å²) in [6.45, 7) is 2.83. The maximum absolute atomic E-state index is 12.6. The molecule has 0 saturated heterocycles. The molecule has 166 valence electrons. The van der Waals surface area contributed by atoms with Crippen molar-refractivity contribution in [3.05, 3.63) is 18.2 Å². The molecule has 0 aromatic carbocycles. The molecule has 0 aliphatic carbocycles. The zero-order valence-corrected chi connectivity index (χ0v) is 16.7. The van der Waals surface area contributed by atoms with E-state index in [0.717, 1.165) is 0 Å². The zero-order valence-electron chi connectivity index (χ0n) is 16.7. The Morgan fingerprint density at radius 1 is 1.07 bits per heavy atom. The minimum atomic E-state index is -1.30. The third kappa shape index (κ3) is 8.26. The lowest BCUT2D eigenvalue weighted by molar-refractivity contribution is -0.142. The van der Waals surface area contributed by atoms with E-state index in [4.69, 9.17) is 11.5 Å². The van der Waals surface area contributed by atoms with Gasteiger partial charge in [0.25, 0.3) is 0 Å². The molecule has 0 bridgehead atoms. The van der Waals surface area contributed by atoms with Crippen LogP contribution >= 0.6 is 0 Å². The molecule has 1 aromatic rings. The molecule has 13 heteroatoms. The zero-order chi connectivity index (χ0) is 22.8. The van der Waals surface area contributed by atoms with Gasteiger partial charge in [-0.25, -0.2) is 9.78 Å². The summed E-state index contributed by atoms with van der Waals surface area (Å²) in [5, 5.41) is 16.5. The first kappa shape index (κ1) is 24.6. The van der Waals surface area contributed by atoms with E-state index < -0.39 is 53.8 Å². The fourth-order valence-corrected chi connectivity index (χ4v) is 2.35. The lowest BCUT2D eigenvalue weighted by Gasteiger charge is -2.23. The van der Waals surface area contributed by atoms with Crippen LogP contribution in [0.15, 0.2) is 12.5 Å². The number of primary amides is 1. The van der Waals surface area contributed by atoms with E-state index in [1.807, 2.05) is 0 Å². The largest absolute Gasteiger partial charge is 0.480 e. The molecule has 0 spiro atoms. The van der Waals surface area contributed by atoms with Gasteiger partial charge in [-0.05, 0) is 20.3 Å². The van der Waals surface area contributed by atoms with Crippen LogP contribution in [0.5, 0.6) is 0 Å². The van der Waals surface area contributed by atoms with Crippen LogP contribution in [0, 0.1) is 0 Å². The van der Waals surface area contributed by atoms with Crippen molar-refractivity contribution >= 4 is 29.6 Å². The normalized spacial score (nSPS) is 14.6. The summed E-state index contributed by atoms with van der Waals surface area (Å²) in [6.07, 6.45) is 2.33. The number of amides is 4. The van der Waals surface area contributed by atoms with Gasteiger partial charge in [-0.15, -0.1) is 0 Å². The first-order valence-electron chi connectivity index (χ1n) is 9.16. The average Bonchev–Trinajstić information content (AvgIpc) is 3.16. The molecule has 4 unspecified atom stereocenters. The number of carboxylic acid groups (broad SMARTS) is 1. The fourth-order valence-electron chi connectivity index (χ4n) is 2.35. The summed E-state index contributed by atoms with van der Waals surface area (Å²) in [4.78, 5) is 65.7. The number of nitrogens with zero attached hydrogens (tertiary/aromatic N) is 1. The number of carbonyl (C=O) groups is 5. The number of H-pyrrole nitrogens is 1. The van der Waals surface area contributed by atoms with Crippen LogP contribution in [-0.2, 0) is 30.4 Å². The second-order valence-electron chi connectivity index (χ2n) is 6.77. The number of imidazole rings is 1. The number of carbonyl (C=O) groups excluding carboxylic acids is 4. The van der Waals surface area contributed by atoms with E-state index in [1.165, 1.54) is 26.4 Å². The highest BCUT2D eigenvalue weighted by atomic mass is 16.4. The molecule has 4 atom stereocenters. The summed E-state index contributed by atoms with van der Waals surface area (Å²) >= 11 is 0. The fraction of sp³-hybridized carbons (Fsp3) is 0.529. The molecule has 1 heterocycles. The lowest BCUT2D eigenvalue weighted by atomic mass is 10.1. The van der Waals surface area contributed by atoms with Crippen molar-refractivity contribution in [3.8, 4) is 0 Å². The van der Waals surface area contributed by atoms with Crippen molar-refractivity contribution in [2.75, 3.05) is 0 Å². The predicted octanol–water partition coefficient (Wildman–Crippen LogP) is -2.88. The Labute approximate surface area is 172 Å². The van der Waals surface area contributed by atoms with Gasteiger partial charge < -0.3 is 37.5 Å². The second-order valence-corrected chi connectivity index (χ2v) is 6.77. The monoisotopic (exact) mass is 425 g/mol. The number of aliphatic carboxylic acids is 1. The van der Waals surface area contributed by atoms with E-state index in [2.05, 4.69) is 25.9 Å². The molecule has 4 amide bonds. The average molecular weight is 425 g/mol. The summed E-state index contributed by atoms with van der Waals surface area (Å²) in [5.41, 5.74) is 11.0. The molecule has 13 nitrogen and oxygen atoms in total. The van der Waals surface area contributed by atoms with Crippen molar-refractivity contribution in [1.29, 1.82) is 0 Å². The summed E-state index contributed by atoms with van der Waals surface area (Å²) in [6, 6.07) is -4.41. The van der Waals surface area contributed by atoms with Gasteiger partial charge in [-0.1, -0.05) is 0 Å². The van der Waals surface area contributed by atoms with Gasteiger partial charge >= 0.3 is 5.97 Å². The van der Waals surface area contributed by atoms with Gasteiger partial charge in [-0.2, -0.15) is 0 Å². The Morgan fingerprint density at radius 2 is 1.70 bits per heavy atom. The number of nitrogens with one attached hydrogen (secondary N) is 4. The first-order valence-corrected chi connectivity index (χ1v) is 9.16. The second kappa shape index (κ2) is 11.5. The topological polar surface area (TPSA) is 222 Å². The molecule has 9 N–H and O–H groups in total. The molecular weight excluding hydrogens is 398 g/mol. The molecule has 0 radical (unpaired) electrons. The third-order valence-corrected chi connectivity index (χ3v) is 4.07. The molecule has 1 aromatic heterocycles. The minimum absolute atomic E-state index is 0.0710. The number of hydrogen-bond donors (Lipinski definition) is 7. The van der Waals surface area contributed by atoms with Crippen LogP contribution < -0.4 is 27.4 Å². The van der Waals surface area contributed by atoms with Crippen LogP contribution in [0.3, 0.4) is 0 Å². The standard InChI is InChI=1S/C17H27N7O6/c1-8(18)14(26)22-9(2)15(27)23-11(3-4-13(19)25)16(28)24-12(17(29)30)5-10-6-20-7-21-10/h6-9,11-12H,3-5,18H2,1-2H3,(H2,19,25)(H,20,21)(H,22,26)(H,23,27)(H,24,28)(H,29,30). The maximum Gasteiger partial charge on any atom is 0.326 e. The van der Waals surface area contributed by atoms with Crippen molar-refractivity contribution in [1.82, 2.24) is 25.9 Å². The Hall–Kier alpha value is -3.48. The predicted molar refractivity (Wildman–Crippen MR) is 103 cm³/mol. The number of carboxylic acids is 1. The van der Waals surface area contributed by atoms with Crippen molar-refractivity contribution in [2.45, 2.75) is 57.3 Å². The number of hydrogen-bond acceptors (Lipinski definition) is 7. The smallest absolute Gasteiger partial charge is 0.326 e. The molecule has 0 fully saturated rings. The minimum Gasteiger partial charge on any atom is -0.480 e. The van der Waals surface area contributed by atoms with Crippen molar-refractivity contribution in [2.24, 2.45) is 11.5 Å². The van der Waals surface area contributed by atoms with Gasteiger partial charge in [0.15, 0.2) is 0 Å². The summed E-state index contributed by atoms with van der Waals surface area (Å²) < 4.78 is 0. The molecule has 1 rings (SSSR count). The van der Waals surface area contributed by atoms with Crippen LogP contribution in [0.25, 0.3) is 0 Å². The van der Waals surface area contributed by atoms with Gasteiger partial charge in [0.1, 0.15) is 18.1 Å². The summed E-state index contributed by atoms with van der Waals surface area (Å²) in [5.74, 6) is -4.10. The quantitative estimate of drug-likeness (QED) is 0.184. The van der Waals surface area contributed by atoms with Crippen LogP contribution in [-0.4, -0.2) is 68.8 Å². The Morgan fingerprint density at radius 3 is 2.20 bits per heavy atom. The van der Waals surface area contributed by atoms with Crippen molar-refractivity contribution < 1.29 is 29.1 Å². The molecular formula is C17H27N7O6. The van der Waals surface area contributed by atoms with E-state index in [1.54, 1.807) is 0 Å². The molecule has 0 aliphatic heterocycles. The SMILES string of the molecule is CC(N)C(=O)NC(C)C(=O)NC(CCC(N)=O)C(=O)NC(Cc1cnc[nH]1)C(=O)O. The number of aromatic amines is 1. The van der Waals surface area contributed by atoms with Gasteiger partial charge in [0, 0.05) is 24.7 Å². The van der Waals surface area contributed by atoms with Gasteiger partial charge in [0.05, 0.1) is 12.4 Å². The number of rotatable bonds is 12. The van der Waals surface area contributed by atoms with Gasteiger partial charge in [0.2, 0.25) is 23.6 Å². The van der Waals surface area contributed by atoms with Crippen molar-refractivity contribution in [3.63, 3.8) is 0 Å². The molecule has 0 saturated carbocycles. The Bertz CT molecular complexity index is 765. The highest BCUT2D eigenvalue weighted by molar-refractivity contribution is 5.94.